The van der Waals surface area contributed by atoms with Crippen molar-refractivity contribution in [2.45, 2.75) is 25.4 Å². The highest BCUT2D eigenvalue weighted by Gasteiger charge is 2.21. The molecule has 37 heavy (non-hydrogen) atoms. The van der Waals surface area contributed by atoms with E-state index in [0.29, 0.717) is 19.6 Å². The molecule has 0 atom stereocenters. The summed E-state index contributed by atoms with van der Waals surface area (Å²) in [7, 11) is 0. The molecule has 2 amide bonds. The van der Waals surface area contributed by atoms with Gasteiger partial charge >= 0.3 is 6.03 Å². The average Bonchev–Trinajstić information content (AvgIpc) is 3.57. The van der Waals surface area contributed by atoms with Crippen LogP contribution in [0.15, 0.2) is 42.2 Å². The van der Waals surface area contributed by atoms with Gasteiger partial charge in [0.1, 0.15) is 17.8 Å². The summed E-state index contributed by atoms with van der Waals surface area (Å²) in [6.45, 7) is 4.44. The molecular formula is C26H30N8O2S. The lowest BCUT2D eigenvalue weighted by atomic mass is 10.1. The number of aliphatic hydroxyl groups excluding tert-OH is 1. The van der Waals surface area contributed by atoms with Gasteiger partial charge in [-0.3, -0.25) is 0 Å². The molecule has 2 aliphatic heterocycles. The van der Waals surface area contributed by atoms with Crippen LogP contribution in [0.3, 0.4) is 0 Å². The van der Waals surface area contributed by atoms with Crippen molar-refractivity contribution in [3.8, 4) is 0 Å². The number of anilines is 2. The number of aromatic nitrogens is 4. The number of urea groups is 1. The molecule has 0 saturated carbocycles. The predicted octanol–water partition coefficient (Wildman–Crippen LogP) is 3.57. The molecule has 0 bridgehead atoms. The Morgan fingerprint density at radius 3 is 2.89 bits per heavy atom. The van der Waals surface area contributed by atoms with Gasteiger partial charge in [0.2, 0.25) is 0 Å². The SMILES string of the molecule is O=C(NCCN1CCC(O)CC1)N1CC=C(c2cc3c(Nc4ccc5ncsc5c4)ncnc3[nH]2)CC1. The second kappa shape index (κ2) is 10.4. The third-order valence-corrected chi connectivity index (χ3v) is 7.92. The number of aromatic amines is 1. The van der Waals surface area contributed by atoms with Crippen LogP contribution in [0, 0.1) is 0 Å². The van der Waals surface area contributed by atoms with Crippen molar-refractivity contribution in [1.29, 1.82) is 0 Å². The van der Waals surface area contributed by atoms with Gasteiger partial charge in [0.15, 0.2) is 0 Å². The summed E-state index contributed by atoms with van der Waals surface area (Å²) < 4.78 is 1.12. The number of fused-ring (bicyclic) bond motifs is 2. The fraction of sp³-hybridized carbons (Fsp3) is 0.385. The van der Waals surface area contributed by atoms with Gasteiger partial charge in [0, 0.05) is 50.6 Å². The smallest absolute Gasteiger partial charge is 0.317 e. The third kappa shape index (κ3) is 5.29. The minimum absolute atomic E-state index is 0.0285. The zero-order valence-corrected chi connectivity index (χ0v) is 21.3. The molecule has 1 aromatic carbocycles. The van der Waals surface area contributed by atoms with Gasteiger partial charge in [-0.2, -0.15) is 0 Å². The van der Waals surface area contributed by atoms with E-state index >= 15 is 0 Å². The molecule has 0 aliphatic carbocycles. The van der Waals surface area contributed by atoms with Crippen molar-refractivity contribution in [1.82, 2.24) is 35.1 Å². The van der Waals surface area contributed by atoms with Crippen molar-refractivity contribution >= 4 is 55.7 Å². The van der Waals surface area contributed by atoms with Gasteiger partial charge in [-0.05, 0) is 49.1 Å². The maximum Gasteiger partial charge on any atom is 0.317 e. The first-order chi connectivity index (χ1) is 18.1. The number of nitrogens with one attached hydrogen (secondary N) is 3. The van der Waals surface area contributed by atoms with Gasteiger partial charge in [0.05, 0.1) is 27.2 Å². The number of hydrogen-bond donors (Lipinski definition) is 4. The van der Waals surface area contributed by atoms with Crippen LogP contribution in [-0.2, 0) is 0 Å². The first kappa shape index (κ1) is 23.8. The number of nitrogens with zero attached hydrogens (tertiary/aromatic N) is 5. The molecule has 0 spiro atoms. The number of carbonyl (C=O) groups is 1. The van der Waals surface area contributed by atoms with Gasteiger partial charge in [-0.15, -0.1) is 11.3 Å². The Bertz CT molecular complexity index is 1440. The molecular weight excluding hydrogens is 488 g/mol. The monoisotopic (exact) mass is 518 g/mol. The maximum absolute atomic E-state index is 12.6. The number of carbonyl (C=O) groups excluding carboxylic acids is 1. The molecule has 3 aromatic heterocycles. The lowest BCUT2D eigenvalue weighted by Gasteiger charge is -2.30. The van der Waals surface area contributed by atoms with Gasteiger partial charge in [-0.25, -0.2) is 19.7 Å². The first-order valence-corrected chi connectivity index (χ1v) is 13.6. The van der Waals surface area contributed by atoms with Crippen LogP contribution >= 0.6 is 11.3 Å². The summed E-state index contributed by atoms with van der Waals surface area (Å²) in [6, 6.07) is 8.14. The molecule has 0 radical (unpaired) electrons. The molecule has 1 fully saturated rings. The predicted molar refractivity (Wildman–Crippen MR) is 146 cm³/mol. The van der Waals surface area contributed by atoms with Crippen LogP contribution in [0.4, 0.5) is 16.3 Å². The normalized spacial score (nSPS) is 17.3. The number of rotatable bonds is 6. The van der Waals surface area contributed by atoms with Crippen LogP contribution in [0.5, 0.6) is 0 Å². The van der Waals surface area contributed by atoms with E-state index in [2.05, 4.69) is 53.7 Å². The summed E-state index contributed by atoms with van der Waals surface area (Å²) in [5, 5.41) is 17.0. The summed E-state index contributed by atoms with van der Waals surface area (Å²) in [6.07, 6.45) is 5.89. The Morgan fingerprint density at radius 2 is 2.05 bits per heavy atom. The van der Waals surface area contributed by atoms with Crippen molar-refractivity contribution in [3.63, 3.8) is 0 Å². The standard InChI is InChI=1S/C26H30N8O2S/c35-19-5-8-33(9-6-19)12-7-27-26(36)34-10-3-17(4-11-34)22-14-20-24(28-15-29-25(20)32-22)31-18-1-2-21-23(13-18)37-16-30-21/h1-3,13-16,19,35H,4-12H2,(H,27,36)(H2,28,29,31,32). The fourth-order valence-electron chi connectivity index (χ4n) is 4.96. The van der Waals surface area contributed by atoms with Crippen LogP contribution in [-0.4, -0.2) is 86.2 Å². The van der Waals surface area contributed by atoms with Crippen LogP contribution in [0.2, 0.25) is 0 Å². The topological polar surface area (TPSA) is 122 Å². The summed E-state index contributed by atoms with van der Waals surface area (Å²) in [5.41, 5.74) is 6.74. The quantitative estimate of drug-likeness (QED) is 0.308. The van der Waals surface area contributed by atoms with E-state index < -0.39 is 0 Å². The Morgan fingerprint density at radius 1 is 1.16 bits per heavy atom. The maximum atomic E-state index is 12.6. The Hall–Kier alpha value is -3.54. The van der Waals surface area contributed by atoms with E-state index in [9.17, 15) is 9.90 Å². The third-order valence-electron chi connectivity index (χ3n) is 7.12. The second-order valence-corrected chi connectivity index (χ2v) is 10.4. The Balaban J connectivity index is 1.08. The lowest BCUT2D eigenvalue weighted by Crippen LogP contribution is -2.46. The van der Waals surface area contributed by atoms with Crippen LogP contribution in [0.1, 0.15) is 25.0 Å². The van der Waals surface area contributed by atoms with Crippen LogP contribution < -0.4 is 10.6 Å². The van der Waals surface area contributed by atoms with E-state index in [1.54, 1.807) is 17.7 Å². The molecule has 192 valence electrons. The van der Waals surface area contributed by atoms with Crippen molar-refractivity contribution < 1.29 is 9.90 Å². The van der Waals surface area contributed by atoms with Gasteiger partial charge < -0.3 is 30.5 Å². The highest BCUT2D eigenvalue weighted by atomic mass is 32.1. The molecule has 2 aliphatic rings. The Labute approximate surface area is 218 Å². The zero-order valence-electron chi connectivity index (χ0n) is 20.5. The van der Waals surface area contributed by atoms with E-state index in [1.807, 2.05) is 22.5 Å². The number of hydrogen-bond acceptors (Lipinski definition) is 8. The number of likely N-dealkylation sites (tertiary alicyclic amines) is 1. The van der Waals surface area contributed by atoms with Gasteiger partial charge in [-0.1, -0.05) is 6.08 Å². The molecule has 0 unspecified atom stereocenters. The van der Waals surface area contributed by atoms with E-state index in [-0.39, 0.29) is 12.1 Å². The number of amides is 2. The first-order valence-electron chi connectivity index (χ1n) is 12.7. The van der Waals surface area contributed by atoms with Crippen molar-refractivity contribution in [3.05, 3.63) is 47.9 Å². The molecule has 11 heteroatoms. The number of aliphatic hydroxyl groups is 1. The minimum atomic E-state index is -0.175. The summed E-state index contributed by atoms with van der Waals surface area (Å²) in [4.78, 5) is 33.5. The molecule has 6 rings (SSSR count). The summed E-state index contributed by atoms with van der Waals surface area (Å²) >= 11 is 1.61. The molecule has 5 heterocycles. The molecule has 1 saturated heterocycles. The van der Waals surface area contributed by atoms with Crippen molar-refractivity contribution in [2.24, 2.45) is 0 Å². The molecule has 4 aromatic rings. The fourth-order valence-corrected chi connectivity index (χ4v) is 5.67. The number of thiazole rings is 1. The minimum Gasteiger partial charge on any atom is -0.393 e. The molecule has 4 N–H and O–H groups in total. The number of piperidine rings is 1. The van der Waals surface area contributed by atoms with E-state index in [4.69, 9.17) is 0 Å². The van der Waals surface area contributed by atoms with Gasteiger partial charge in [0.25, 0.3) is 0 Å². The summed E-state index contributed by atoms with van der Waals surface area (Å²) in [5.74, 6) is 0.747. The van der Waals surface area contributed by atoms with Crippen molar-refractivity contribution in [2.75, 3.05) is 44.6 Å². The highest BCUT2D eigenvalue weighted by Crippen LogP contribution is 2.30. The Kier molecular flexibility index (Phi) is 6.73. The highest BCUT2D eigenvalue weighted by molar-refractivity contribution is 7.16. The lowest BCUT2D eigenvalue weighted by molar-refractivity contribution is 0.0830. The van der Waals surface area contributed by atoms with E-state index in [1.165, 1.54) is 5.57 Å². The van der Waals surface area contributed by atoms with E-state index in [0.717, 1.165) is 77.3 Å². The number of H-pyrrole nitrogens is 1. The number of benzene rings is 1. The van der Waals surface area contributed by atoms with Crippen LogP contribution in [0.25, 0.3) is 26.8 Å². The largest absolute Gasteiger partial charge is 0.393 e. The zero-order chi connectivity index (χ0) is 25.2. The molecule has 10 nitrogen and oxygen atoms in total. The second-order valence-electron chi connectivity index (χ2n) is 9.56. The average molecular weight is 519 g/mol.